The summed E-state index contributed by atoms with van der Waals surface area (Å²) in [6, 6.07) is 5.83. The quantitative estimate of drug-likeness (QED) is 0.852. The number of hydrogen-bond donors (Lipinski definition) is 1. The van der Waals surface area contributed by atoms with Gasteiger partial charge >= 0.3 is 0 Å². The fourth-order valence-corrected chi connectivity index (χ4v) is 1.73. The van der Waals surface area contributed by atoms with Gasteiger partial charge in [-0.15, -0.1) is 0 Å². The largest absolute Gasteiger partial charge is 0.548 e. The molecule has 1 N–H and O–H groups in total. The number of benzene rings is 1. The average Bonchev–Trinajstić information content (AvgIpc) is 2.32. The summed E-state index contributed by atoms with van der Waals surface area (Å²) in [6.45, 7) is 7.37. The molecule has 0 spiro atoms. The first-order valence-electron chi connectivity index (χ1n) is 6.40. The van der Waals surface area contributed by atoms with Gasteiger partial charge in [0, 0.05) is 0 Å². The summed E-state index contributed by atoms with van der Waals surface area (Å²) >= 11 is 0. The molecule has 110 valence electrons. The van der Waals surface area contributed by atoms with Gasteiger partial charge in [0.25, 0.3) is 5.91 Å². The van der Waals surface area contributed by atoms with Crippen LogP contribution in [0, 0.1) is 6.92 Å². The number of aryl methyl sites for hydroxylation is 1. The van der Waals surface area contributed by atoms with E-state index in [0.29, 0.717) is 5.75 Å². The number of carbonyl (C=O) groups excluding carboxylic acids is 2. The third-order valence-corrected chi connectivity index (χ3v) is 2.73. The topological polar surface area (TPSA) is 78.5 Å². The number of hydrogen-bond acceptors (Lipinski definition) is 4. The second-order valence-electron chi connectivity index (χ2n) is 5.69. The third-order valence-electron chi connectivity index (χ3n) is 2.73. The maximum Gasteiger partial charge on any atom is 0.258 e. The van der Waals surface area contributed by atoms with Crippen LogP contribution < -0.4 is 15.2 Å². The summed E-state index contributed by atoms with van der Waals surface area (Å²) in [5.74, 6) is -1.18. The van der Waals surface area contributed by atoms with Crippen molar-refractivity contribution in [3.63, 3.8) is 0 Å². The van der Waals surface area contributed by atoms with Crippen LogP contribution in [0.4, 0.5) is 0 Å². The highest BCUT2D eigenvalue weighted by Gasteiger charge is 2.19. The van der Waals surface area contributed by atoms with Crippen LogP contribution in [0.2, 0.25) is 0 Å². The van der Waals surface area contributed by atoms with E-state index in [-0.39, 0.29) is 12.0 Å². The molecule has 0 radical (unpaired) electrons. The summed E-state index contributed by atoms with van der Waals surface area (Å²) < 4.78 is 5.51. The summed E-state index contributed by atoms with van der Waals surface area (Å²) in [7, 11) is 0. The molecule has 0 aliphatic heterocycles. The maximum absolute atomic E-state index is 11.4. The number of rotatable bonds is 5. The molecule has 1 aromatic rings. The first-order chi connectivity index (χ1) is 9.20. The lowest BCUT2D eigenvalue weighted by molar-refractivity contribution is -0.304. The third kappa shape index (κ3) is 4.91. The molecule has 0 aliphatic rings. The Morgan fingerprint density at radius 3 is 2.50 bits per heavy atom. The van der Waals surface area contributed by atoms with Gasteiger partial charge in [-0.05, 0) is 29.5 Å². The summed E-state index contributed by atoms with van der Waals surface area (Å²) in [6.07, 6.45) is 0. The minimum absolute atomic E-state index is 0.107. The molecule has 1 amide bonds. The highest BCUT2D eigenvalue weighted by molar-refractivity contribution is 5.81. The standard InChI is InChI=1S/C15H21NO4/c1-10-5-6-11(15(2,3)4)12(7-10)20-9-13(17)16-8-14(18)19/h5-7H,8-9H2,1-4H3,(H,16,17)(H,18,19)/p-1. The normalized spacial score (nSPS) is 11.0. The monoisotopic (exact) mass is 278 g/mol. The van der Waals surface area contributed by atoms with Crippen LogP contribution in [0.25, 0.3) is 0 Å². The number of nitrogens with one attached hydrogen (secondary N) is 1. The van der Waals surface area contributed by atoms with Gasteiger partial charge < -0.3 is 20.0 Å². The molecule has 0 fully saturated rings. The van der Waals surface area contributed by atoms with Gasteiger partial charge in [0.15, 0.2) is 6.61 Å². The van der Waals surface area contributed by atoms with E-state index in [1.807, 2.05) is 25.1 Å². The van der Waals surface area contributed by atoms with Gasteiger partial charge in [0.2, 0.25) is 0 Å². The predicted molar refractivity (Wildman–Crippen MR) is 73.4 cm³/mol. The number of amides is 1. The molecule has 0 unspecified atom stereocenters. The lowest BCUT2D eigenvalue weighted by Crippen LogP contribution is -2.39. The van der Waals surface area contributed by atoms with Crippen LogP contribution in [0.3, 0.4) is 0 Å². The zero-order chi connectivity index (χ0) is 15.3. The number of carbonyl (C=O) groups is 2. The van der Waals surface area contributed by atoms with Crippen LogP contribution >= 0.6 is 0 Å². The Labute approximate surface area is 118 Å². The molecule has 0 atom stereocenters. The number of carboxylic acids is 1. The molecular weight excluding hydrogens is 258 g/mol. The van der Waals surface area contributed by atoms with Crippen molar-refractivity contribution in [3.8, 4) is 5.75 Å². The zero-order valence-electron chi connectivity index (χ0n) is 12.3. The van der Waals surface area contributed by atoms with E-state index in [4.69, 9.17) is 4.74 Å². The first-order valence-corrected chi connectivity index (χ1v) is 6.40. The van der Waals surface area contributed by atoms with Gasteiger partial charge in [-0.1, -0.05) is 32.9 Å². The predicted octanol–water partition coefficient (Wildman–Crippen LogP) is 0.537. The van der Waals surface area contributed by atoms with Crippen molar-refractivity contribution in [2.45, 2.75) is 33.1 Å². The maximum atomic E-state index is 11.4. The van der Waals surface area contributed by atoms with E-state index in [0.717, 1.165) is 11.1 Å². The molecule has 0 bridgehead atoms. The molecule has 20 heavy (non-hydrogen) atoms. The van der Waals surface area contributed by atoms with Crippen molar-refractivity contribution in [1.82, 2.24) is 5.32 Å². The van der Waals surface area contributed by atoms with Gasteiger partial charge in [-0.25, -0.2) is 0 Å². The lowest BCUT2D eigenvalue weighted by atomic mass is 9.86. The van der Waals surface area contributed by atoms with Crippen molar-refractivity contribution < 1.29 is 19.4 Å². The van der Waals surface area contributed by atoms with Crippen molar-refractivity contribution in [3.05, 3.63) is 29.3 Å². The van der Waals surface area contributed by atoms with Crippen LogP contribution in [0.5, 0.6) is 5.75 Å². The SMILES string of the molecule is Cc1ccc(C(C)(C)C)c(OCC(=O)NCC(=O)[O-])c1. The number of carboxylic acid groups (broad SMARTS) is 1. The highest BCUT2D eigenvalue weighted by atomic mass is 16.5. The van der Waals surface area contributed by atoms with E-state index < -0.39 is 18.4 Å². The van der Waals surface area contributed by atoms with Crippen LogP contribution in [0.15, 0.2) is 18.2 Å². The number of aliphatic carboxylic acids is 1. The fourth-order valence-electron chi connectivity index (χ4n) is 1.73. The Morgan fingerprint density at radius 2 is 1.95 bits per heavy atom. The van der Waals surface area contributed by atoms with Crippen LogP contribution in [-0.2, 0) is 15.0 Å². The second-order valence-corrected chi connectivity index (χ2v) is 5.69. The minimum atomic E-state index is -1.33. The van der Waals surface area contributed by atoms with Crippen LogP contribution in [-0.4, -0.2) is 25.0 Å². The Hall–Kier alpha value is -2.04. The second kappa shape index (κ2) is 6.41. The molecule has 0 aliphatic carbocycles. The Morgan fingerprint density at radius 1 is 1.30 bits per heavy atom. The first kappa shape index (κ1) is 16.0. The molecule has 5 nitrogen and oxygen atoms in total. The van der Waals surface area contributed by atoms with Gasteiger partial charge in [-0.2, -0.15) is 0 Å². The average molecular weight is 278 g/mol. The summed E-state index contributed by atoms with van der Waals surface area (Å²) in [4.78, 5) is 21.7. The number of ether oxygens (including phenoxy) is 1. The smallest absolute Gasteiger partial charge is 0.258 e. The molecule has 1 aromatic carbocycles. The Bertz CT molecular complexity index is 503. The van der Waals surface area contributed by atoms with Crippen molar-refractivity contribution in [1.29, 1.82) is 0 Å². The minimum Gasteiger partial charge on any atom is -0.548 e. The summed E-state index contributed by atoms with van der Waals surface area (Å²) in [5.41, 5.74) is 1.92. The molecule has 0 saturated heterocycles. The van der Waals surface area contributed by atoms with E-state index >= 15 is 0 Å². The molecule has 0 aromatic heterocycles. The zero-order valence-corrected chi connectivity index (χ0v) is 12.3. The lowest BCUT2D eigenvalue weighted by Gasteiger charge is -2.23. The van der Waals surface area contributed by atoms with Crippen LogP contribution in [0.1, 0.15) is 31.9 Å². The molecule has 0 saturated carbocycles. The molecular formula is C15H20NO4-. The van der Waals surface area contributed by atoms with Crippen molar-refractivity contribution in [2.24, 2.45) is 0 Å². The highest BCUT2D eigenvalue weighted by Crippen LogP contribution is 2.31. The molecule has 0 heterocycles. The van der Waals surface area contributed by atoms with Gasteiger partial charge in [0.05, 0.1) is 12.5 Å². The van der Waals surface area contributed by atoms with E-state index in [2.05, 4.69) is 26.1 Å². The Kier molecular flexibility index (Phi) is 5.13. The van der Waals surface area contributed by atoms with Gasteiger partial charge in [-0.3, -0.25) is 4.79 Å². The van der Waals surface area contributed by atoms with Crippen molar-refractivity contribution in [2.75, 3.05) is 13.2 Å². The van der Waals surface area contributed by atoms with Crippen molar-refractivity contribution >= 4 is 11.9 Å². The molecule has 5 heteroatoms. The van der Waals surface area contributed by atoms with E-state index in [1.54, 1.807) is 0 Å². The fraction of sp³-hybridized carbons (Fsp3) is 0.467. The van der Waals surface area contributed by atoms with E-state index in [9.17, 15) is 14.7 Å². The Balaban J connectivity index is 2.74. The molecule has 1 rings (SSSR count). The summed E-state index contributed by atoms with van der Waals surface area (Å²) in [5, 5.41) is 12.4. The van der Waals surface area contributed by atoms with E-state index in [1.165, 1.54) is 0 Å². The van der Waals surface area contributed by atoms with Gasteiger partial charge in [0.1, 0.15) is 5.75 Å².